The summed E-state index contributed by atoms with van der Waals surface area (Å²) in [5.41, 5.74) is 13.4. The molecule has 1 aromatic rings. The molecule has 0 spiro atoms. The van der Waals surface area contributed by atoms with E-state index in [2.05, 4.69) is 6.92 Å². The summed E-state index contributed by atoms with van der Waals surface area (Å²) >= 11 is 0. The first-order valence-corrected chi connectivity index (χ1v) is 3.01. The predicted octanol–water partition coefficient (Wildman–Crippen LogP) is 1.24. The van der Waals surface area contributed by atoms with Crippen LogP contribution in [0.1, 0.15) is 5.56 Å². The molecule has 0 aliphatic heterocycles. The SMILES string of the molecule is [CH2][CH]c1cc(N)ccc1N. The third kappa shape index (κ3) is 1.21. The predicted molar refractivity (Wildman–Crippen MR) is 44.0 cm³/mol. The standard InChI is InChI=1S/C8H10N2/c1-2-6-5-7(9)3-4-8(6)10/h2-5H,1,9-10H2. The fraction of sp³-hybridized carbons (Fsp3) is 0. The van der Waals surface area contributed by atoms with Gasteiger partial charge in [0.1, 0.15) is 0 Å². The van der Waals surface area contributed by atoms with Gasteiger partial charge in [0.2, 0.25) is 0 Å². The third-order valence-electron chi connectivity index (χ3n) is 1.33. The molecule has 0 unspecified atom stereocenters. The van der Waals surface area contributed by atoms with Crippen molar-refractivity contribution in [2.45, 2.75) is 0 Å². The van der Waals surface area contributed by atoms with Crippen LogP contribution in [0.3, 0.4) is 0 Å². The quantitative estimate of drug-likeness (QED) is 0.568. The molecule has 0 atom stereocenters. The van der Waals surface area contributed by atoms with E-state index in [1.807, 2.05) is 0 Å². The maximum atomic E-state index is 5.57. The summed E-state index contributed by atoms with van der Waals surface area (Å²) in [7, 11) is 0. The highest BCUT2D eigenvalue weighted by Gasteiger charge is 1.95. The van der Waals surface area contributed by atoms with Gasteiger partial charge in [-0.3, -0.25) is 0 Å². The maximum absolute atomic E-state index is 5.57. The minimum Gasteiger partial charge on any atom is -0.399 e. The molecule has 2 radical (unpaired) electrons. The van der Waals surface area contributed by atoms with E-state index in [1.54, 1.807) is 24.6 Å². The molecule has 0 saturated heterocycles. The van der Waals surface area contributed by atoms with Gasteiger partial charge in [-0.2, -0.15) is 0 Å². The van der Waals surface area contributed by atoms with Crippen molar-refractivity contribution in [3.63, 3.8) is 0 Å². The molecule has 0 fully saturated rings. The first-order chi connectivity index (χ1) is 4.74. The zero-order valence-electron chi connectivity index (χ0n) is 5.67. The summed E-state index contributed by atoms with van der Waals surface area (Å²) in [6.07, 6.45) is 1.69. The van der Waals surface area contributed by atoms with Crippen molar-refractivity contribution >= 4 is 11.4 Å². The highest BCUT2D eigenvalue weighted by Crippen LogP contribution is 2.16. The average molecular weight is 134 g/mol. The highest BCUT2D eigenvalue weighted by atomic mass is 14.6. The normalized spacial score (nSPS) is 9.70. The highest BCUT2D eigenvalue weighted by molar-refractivity contribution is 5.58. The van der Waals surface area contributed by atoms with Crippen LogP contribution in [0.4, 0.5) is 11.4 Å². The number of hydrogen-bond donors (Lipinski definition) is 2. The van der Waals surface area contributed by atoms with E-state index in [9.17, 15) is 0 Å². The number of hydrogen-bond acceptors (Lipinski definition) is 2. The number of anilines is 2. The Hall–Kier alpha value is -1.18. The Morgan fingerprint density at radius 2 is 2.00 bits per heavy atom. The minimum absolute atomic E-state index is 0.712. The second-order valence-corrected chi connectivity index (χ2v) is 2.09. The lowest BCUT2D eigenvalue weighted by atomic mass is 10.1. The van der Waals surface area contributed by atoms with Gasteiger partial charge < -0.3 is 11.5 Å². The van der Waals surface area contributed by atoms with Crippen molar-refractivity contribution in [2.75, 3.05) is 11.5 Å². The Morgan fingerprint density at radius 1 is 1.30 bits per heavy atom. The van der Waals surface area contributed by atoms with Crippen LogP contribution in [0.15, 0.2) is 18.2 Å². The lowest BCUT2D eigenvalue weighted by Gasteiger charge is -2.01. The number of rotatable bonds is 1. The Bertz CT molecular complexity index is 231. The summed E-state index contributed by atoms with van der Waals surface area (Å²) in [6, 6.07) is 5.33. The van der Waals surface area contributed by atoms with E-state index >= 15 is 0 Å². The zero-order chi connectivity index (χ0) is 7.56. The topological polar surface area (TPSA) is 52.0 Å². The lowest BCUT2D eigenvalue weighted by Crippen LogP contribution is -1.93. The molecule has 0 saturated carbocycles. The molecule has 0 aliphatic rings. The average Bonchev–Trinajstić information content (AvgIpc) is 1.94. The van der Waals surface area contributed by atoms with Crippen LogP contribution < -0.4 is 11.5 Å². The van der Waals surface area contributed by atoms with E-state index in [0.29, 0.717) is 11.4 Å². The summed E-state index contributed by atoms with van der Waals surface area (Å²) in [6.45, 7) is 3.60. The Balaban J connectivity index is 3.09. The first-order valence-electron chi connectivity index (χ1n) is 3.01. The fourth-order valence-electron chi connectivity index (χ4n) is 0.770. The number of nitrogen functional groups attached to an aromatic ring is 2. The molecule has 2 nitrogen and oxygen atoms in total. The Labute approximate surface area is 60.8 Å². The summed E-state index contributed by atoms with van der Waals surface area (Å²) < 4.78 is 0. The van der Waals surface area contributed by atoms with Gasteiger partial charge in [-0.1, -0.05) is 0 Å². The third-order valence-corrected chi connectivity index (χ3v) is 1.33. The van der Waals surface area contributed by atoms with Gasteiger partial charge in [0, 0.05) is 11.4 Å². The summed E-state index contributed by atoms with van der Waals surface area (Å²) in [4.78, 5) is 0. The van der Waals surface area contributed by atoms with Crippen LogP contribution in [-0.2, 0) is 0 Å². The van der Waals surface area contributed by atoms with Crippen molar-refractivity contribution in [2.24, 2.45) is 0 Å². The largest absolute Gasteiger partial charge is 0.399 e. The molecule has 2 heteroatoms. The molecule has 0 bridgehead atoms. The van der Waals surface area contributed by atoms with E-state index in [-0.39, 0.29) is 0 Å². The van der Waals surface area contributed by atoms with Gasteiger partial charge in [0.05, 0.1) is 0 Å². The van der Waals surface area contributed by atoms with Gasteiger partial charge in [-0.25, -0.2) is 0 Å². The van der Waals surface area contributed by atoms with Gasteiger partial charge in [-0.05, 0) is 37.1 Å². The Morgan fingerprint density at radius 3 is 2.50 bits per heavy atom. The maximum Gasteiger partial charge on any atom is 0.0351 e. The molecule has 0 heterocycles. The minimum atomic E-state index is 0.712. The van der Waals surface area contributed by atoms with Crippen molar-refractivity contribution in [3.8, 4) is 0 Å². The van der Waals surface area contributed by atoms with E-state index in [4.69, 9.17) is 11.5 Å². The van der Waals surface area contributed by atoms with Gasteiger partial charge in [0.15, 0.2) is 0 Å². The zero-order valence-corrected chi connectivity index (χ0v) is 5.67. The summed E-state index contributed by atoms with van der Waals surface area (Å²) in [5.74, 6) is 0. The number of benzene rings is 1. The van der Waals surface area contributed by atoms with Gasteiger partial charge in [-0.15, -0.1) is 0 Å². The molecule has 1 aromatic carbocycles. The van der Waals surface area contributed by atoms with Crippen molar-refractivity contribution in [3.05, 3.63) is 37.1 Å². The molecule has 0 aromatic heterocycles. The van der Waals surface area contributed by atoms with Crippen molar-refractivity contribution in [1.29, 1.82) is 0 Å². The van der Waals surface area contributed by atoms with Crippen LogP contribution in [0.25, 0.3) is 0 Å². The van der Waals surface area contributed by atoms with Crippen LogP contribution in [0, 0.1) is 13.3 Å². The van der Waals surface area contributed by atoms with Crippen LogP contribution in [-0.4, -0.2) is 0 Å². The molecular formula is C8H10N2. The fourth-order valence-corrected chi connectivity index (χ4v) is 0.770. The van der Waals surface area contributed by atoms with E-state index in [0.717, 1.165) is 5.56 Å². The summed E-state index contributed by atoms with van der Waals surface area (Å²) in [5, 5.41) is 0. The molecule has 52 valence electrons. The molecular weight excluding hydrogens is 124 g/mol. The lowest BCUT2D eigenvalue weighted by molar-refractivity contribution is 1.52. The Kier molecular flexibility index (Phi) is 1.81. The van der Waals surface area contributed by atoms with Crippen LogP contribution in [0.2, 0.25) is 0 Å². The van der Waals surface area contributed by atoms with Crippen LogP contribution >= 0.6 is 0 Å². The number of nitrogens with two attached hydrogens (primary N) is 2. The van der Waals surface area contributed by atoms with Gasteiger partial charge >= 0.3 is 0 Å². The monoisotopic (exact) mass is 134 g/mol. The molecule has 0 amide bonds. The van der Waals surface area contributed by atoms with Crippen molar-refractivity contribution < 1.29 is 0 Å². The van der Waals surface area contributed by atoms with Crippen LogP contribution in [0.5, 0.6) is 0 Å². The molecule has 4 N–H and O–H groups in total. The molecule has 10 heavy (non-hydrogen) atoms. The first kappa shape index (κ1) is 6.93. The second kappa shape index (κ2) is 2.60. The van der Waals surface area contributed by atoms with E-state index < -0.39 is 0 Å². The van der Waals surface area contributed by atoms with Crippen molar-refractivity contribution in [1.82, 2.24) is 0 Å². The molecule has 0 aliphatic carbocycles. The van der Waals surface area contributed by atoms with E-state index in [1.165, 1.54) is 0 Å². The smallest absolute Gasteiger partial charge is 0.0351 e. The second-order valence-electron chi connectivity index (χ2n) is 2.09. The molecule has 1 rings (SSSR count). The van der Waals surface area contributed by atoms with Gasteiger partial charge in [0.25, 0.3) is 0 Å².